The Hall–Kier alpha value is -3.48. The molecule has 2 aromatic carbocycles. The van der Waals surface area contributed by atoms with E-state index in [1.54, 1.807) is 42.5 Å². The molecule has 7 nitrogen and oxygen atoms in total. The lowest BCUT2D eigenvalue weighted by Gasteiger charge is -2.30. The number of likely N-dealkylation sites (tertiary alicyclic amines) is 1. The minimum absolute atomic E-state index is 0.0830. The Morgan fingerprint density at radius 2 is 1.63 bits per heavy atom. The standard InChI is InChI=1S/C23H25N3O4/c1-15-10-12-26(13-11-15)23(30)17-6-5-7-18(14-17)25-22(29)21(28)19-8-3-4-9-20(19)24-16(2)27/h3-9,14-15H,10-13H2,1-2H3,(H,24,27)(H,25,29). The normalized spacial score (nSPS) is 14.1. The van der Waals surface area contributed by atoms with Gasteiger partial charge in [0.1, 0.15) is 0 Å². The molecule has 2 aromatic rings. The summed E-state index contributed by atoms with van der Waals surface area (Å²) in [6.45, 7) is 4.94. The molecule has 156 valence electrons. The van der Waals surface area contributed by atoms with Gasteiger partial charge < -0.3 is 15.5 Å². The number of nitrogens with zero attached hydrogens (tertiary/aromatic N) is 1. The summed E-state index contributed by atoms with van der Waals surface area (Å²) in [6, 6.07) is 12.9. The number of benzene rings is 2. The first kappa shape index (κ1) is 21.2. The fourth-order valence-electron chi connectivity index (χ4n) is 3.41. The number of hydrogen-bond donors (Lipinski definition) is 2. The number of carbonyl (C=O) groups is 4. The third kappa shape index (κ3) is 5.11. The minimum atomic E-state index is -0.843. The summed E-state index contributed by atoms with van der Waals surface area (Å²) >= 11 is 0. The monoisotopic (exact) mass is 407 g/mol. The molecule has 1 fully saturated rings. The fourth-order valence-corrected chi connectivity index (χ4v) is 3.41. The Morgan fingerprint density at radius 3 is 2.33 bits per heavy atom. The molecular formula is C23H25N3O4. The molecule has 0 atom stereocenters. The zero-order valence-electron chi connectivity index (χ0n) is 17.1. The van der Waals surface area contributed by atoms with Crippen LogP contribution in [0.15, 0.2) is 48.5 Å². The topological polar surface area (TPSA) is 95.6 Å². The first-order valence-corrected chi connectivity index (χ1v) is 9.97. The van der Waals surface area contributed by atoms with Gasteiger partial charge in [0, 0.05) is 31.3 Å². The molecule has 7 heteroatoms. The summed E-state index contributed by atoms with van der Waals surface area (Å²) < 4.78 is 0. The number of amides is 3. The number of rotatable bonds is 5. The molecule has 1 aliphatic rings. The summed E-state index contributed by atoms with van der Waals surface area (Å²) in [5, 5.41) is 5.10. The molecule has 0 unspecified atom stereocenters. The van der Waals surface area contributed by atoms with Gasteiger partial charge in [-0.3, -0.25) is 19.2 Å². The van der Waals surface area contributed by atoms with Crippen molar-refractivity contribution in [3.63, 3.8) is 0 Å². The van der Waals surface area contributed by atoms with Crippen LogP contribution in [0.1, 0.15) is 47.4 Å². The van der Waals surface area contributed by atoms with Gasteiger partial charge in [0.2, 0.25) is 5.91 Å². The van der Waals surface area contributed by atoms with E-state index >= 15 is 0 Å². The molecule has 3 rings (SSSR count). The maximum Gasteiger partial charge on any atom is 0.296 e. The first-order valence-electron chi connectivity index (χ1n) is 9.97. The van der Waals surface area contributed by atoms with Crippen molar-refractivity contribution in [2.45, 2.75) is 26.7 Å². The highest BCUT2D eigenvalue weighted by atomic mass is 16.2. The number of Topliss-reactive ketones (excluding diaryl/α,β-unsaturated/α-hetero) is 1. The maximum atomic E-state index is 12.8. The van der Waals surface area contributed by atoms with E-state index in [9.17, 15) is 19.2 Å². The molecule has 1 heterocycles. The summed E-state index contributed by atoms with van der Waals surface area (Å²) in [6.07, 6.45) is 1.95. The van der Waals surface area contributed by atoms with Crippen LogP contribution >= 0.6 is 0 Å². The van der Waals surface area contributed by atoms with Crippen LogP contribution in [0.25, 0.3) is 0 Å². The second-order valence-electron chi connectivity index (χ2n) is 7.57. The average molecular weight is 407 g/mol. The molecule has 1 aliphatic heterocycles. The zero-order chi connectivity index (χ0) is 21.7. The van der Waals surface area contributed by atoms with Gasteiger partial charge in [-0.25, -0.2) is 0 Å². The zero-order valence-corrected chi connectivity index (χ0v) is 17.1. The van der Waals surface area contributed by atoms with Gasteiger partial charge in [0.05, 0.1) is 11.3 Å². The van der Waals surface area contributed by atoms with Crippen LogP contribution in [0.3, 0.4) is 0 Å². The van der Waals surface area contributed by atoms with Gasteiger partial charge in [-0.2, -0.15) is 0 Å². The lowest BCUT2D eigenvalue weighted by molar-refractivity contribution is -0.114. The van der Waals surface area contributed by atoms with Crippen molar-refractivity contribution < 1.29 is 19.2 Å². The van der Waals surface area contributed by atoms with Crippen molar-refractivity contribution in [1.82, 2.24) is 4.90 Å². The van der Waals surface area contributed by atoms with Crippen LogP contribution in [0.5, 0.6) is 0 Å². The van der Waals surface area contributed by atoms with Crippen LogP contribution in [-0.4, -0.2) is 41.5 Å². The largest absolute Gasteiger partial charge is 0.339 e. The van der Waals surface area contributed by atoms with Crippen LogP contribution in [0.2, 0.25) is 0 Å². The summed E-state index contributed by atoms with van der Waals surface area (Å²) in [5.41, 5.74) is 1.20. The number of piperidine rings is 1. The first-order chi connectivity index (χ1) is 14.3. The minimum Gasteiger partial charge on any atom is -0.339 e. The summed E-state index contributed by atoms with van der Waals surface area (Å²) in [7, 11) is 0. The van der Waals surface area contributed by atoms with Crippen LogP contribution < -0.4 is 10.6 Å². The van der Waals surface area contributed by atoms with Crippen molar-refractivity contribution in [1.29, 1.82) is 0 Å². The second kappa shape index (κ2) is 9.35. The van der Waals surface area contributed by atoms with E-state index in [1.807, 2.05) is 4.90 Å². The molecular weight excluding hydrogens is 382 g/mol. The van der Waals surface area contributed by atoms with E-state index in [2.05, 4.69) is 17.6 Å². The van der Waals surface area contributed by atoms with Gasteiger partial charge in [-0.05, 0) is 49.1 Å². The Bertz CT molecular complexity index is 978. The van der Waals surface area contributed by atoms with E-state index in [4.69, 9.17) is 0 Å². The highest BCUT2D eigenvalue weighted by Gasteiger charge is 2.23. The quantitative estimate of drug-likeness (QED) is 0.587. The predicted octanol–water partition coefficient (Wildman–Crippen LogP) is 3.34. The van der Waals surface area contributed by atoms with Crippen molar-refractivity contribution in [2.75, 3.05) is 23.7 Å². The number of carbonyl (C=O) groups excluding carboxylic acids is 4. The molecule has 2 N–H and O–H groups in total. The van der Waals surface area contributed by atoms with Gasteiger partial charge in [-0.15, -0.1) is 0 Å². The van der Waals surface area contributed by atoms with Crippen molar-refractivity contribution in [2.24, 2.45) is 5.92 Å². The highest BCUT2D eigenvalue weighted by molar-refractivity contribution is 6.47. The number of anilines is 2. The molecule has 0 aliphatic carbocycles. The average Bonchev–Trinajstić information content (AvgIpc) is 2.73. The Morgan fingerprint density at radius 1 is 0.933 bits per heavy atom. The van der Waals surface area contributed by atoms with Crippen molar-refractivity contribution >= 4 is 34.9 Å². The summed E-state index contributed by atoms with van der Waals surface area (Å²) in [4.78, 5) is 51.0. The summed E-state index contributed by atoms with van der Waals surface area (Å²) in [5.74, 6) is -1.43. The number of para-hydroxylation sites is 1. The molecule has 0 radical (unpaired) electrons. The number of hydrogen-bond acceptors (Lipinski definition) is 4. The number of ketones is 1. The highest BCUT2D eigenvalue weighted by Crippen LogP contribution is 2.20. The molecule has 0 aromatic heterocycles. The molecule has 1 saturated heterocycles. The van der Waals surface area contributed by atoms with Crippen LogP contribution in [0.4, 0.5) is 11.4 Å². The van der Waals surface area contributed by atoms with Crippen molar-refractivity contribution in [3.8, 4) is 0 Å². The lowest BCUT2D eigenvalue weighted by Crippen LogP contribution is -2.37. The number of nitrogens with one attached hydrogen (secondary N) is 2. The third-order valence-corrected chi connectivity index (χ3v) is 5.13. The fraction of sp³-hybridized carbons (Fsp3) is 0.304. The van der Waals surface area contributed by atoms with E-state index < -0.39 is 11.7 Å². The van der Waals surface area contributed by atoms with E-state index in [1.165, 1.54) is 13.0 Å². The Labute approximate surface area is 175 Å². The van der Waals surface area contributed by atoms with E-state index in [0.29, 0.717) is 17.2 Å². The molecule has 0 saturated carbocycles. The van der Waals surface area contributed by atoms with Crippen LogP contribution in [0, 0.1) is 5.92 Å². The maximum absolute atomic E-state index is 12.8. The molecule has 30 heavy (non-hydrogen) atoms. The van der Waals surface area contributed by atoms with Gasteiger partial charge >= 0.3 is 0 Å². The second-order valence-corrected chi connectivity index (χ2v) is 7.57. The Kier molecular flexibility index (Phi) is 6.61. The molecule has 0 bridgehead atoms. The lowest BCUT2D eigenvalue weighted by atomic mass is 9.98. The SMILES string of the molecule is CC(=O)Nc1ccccc1C(=O)C(=O)Nc1cccc(C(=O)N2CCC(C)CC2)c1. The van der Waals surface area contributed by atoms with E-state index in [0.717, 1.165) is 25.9 Å². The van der Waals surface area contributed by atoms with Gasteiger partial charge in [0.25, 0.3) is 17.6 Å². The smallest absolute Gasteiger partial charge is 0.296 e. The molecule has 0 spiro atoms. The molecule has 3 amide bonds. The third-order valence-electron chi connectivity index (χ3n) is 5.13. The van der Waals surface area contributed by atoms with Crippen LogP contribution in [-0.2, 0) is 9.59 Å². The van der Waals surface area contributed by atoms with Crippen molar-refractivity contribution in [3.05, 3.63) is 59.7 Å². The van der Waals surface area contributed by atoms with E-state index in [-0.39, 0.29) is 23.1 Å². The Balaban J connectivity index is 1.72. The van der Waals surface area contributed by atoms with Gasteiger partial charge in [-0.1, -0.05) is 25.1 Å². The predicted molar refractivity (Wildman–Crippen MR) is 114 cm³/mol. The van der Waals surface area contributed by atoms with Gasteiger partial charge in [0.15, 0.2) is 0 Å².